The van der Waals surface area contributed by atoms with Gasteiger partial charge in [0.15, 0.2) is 0 Å². The van der Waals surface area contributed by atoms with Crippen molar-refractivity contribution in [1.82, 2.24) is 0 Å². The lowest BCUT2D eigenvalue weighted by atomic mass is 10.1. The third kappa shape index (κ3) is 4.24. The molecule has 0 spiro atoms. The number of hydrogen-bond donors (Lipinski definition) is 0. The van der Waals surface area contributed by atoms with E-state index in [2.05, 4.69) is 4.74 Å². The van der Waals surface area contributed by atoms with E-state index in [0.29, 0.717) is 12.1 Å². The number of ether oxygens (including phenoxy) is 1. The van der Waals surface area contributed by atoms with E-state index in [-0.39, 0.29) is 11.6 Å². The summed E-state index contributed by atoms with van der Waals surface area (Å²) in [6.45, 7) is 0. The van der Waals surface area contributed by atoms with Crippen LogP contribution >= 0.6 is 0 Å². The van der Waals surface area contributed by atoms with Crippen molar-refractivity contribution in [2.45, 2.75) is 12.4 Å². The van der Waals surface area contributed by atoms with E-state index < -0.39 is 35.2 Å². The predicted molar refractivity (Wildman–Crippen MR) is 67.8 cm³/mol. The molecule has 0 radical (unpaired) electrons. The standard InChI is InChI=1S/C15H8F6O2/c16-14(17,18)10-6-11(15(19,20)21)8-12(7-10)23-13(22)9-4-2-1-3-5-9/h1-8H. The molecule has 0 aliphatic carbocycles. The number of carbonyl (C=O) groups is 1. The highest BCUT2D eigenvalue weighted by Crippen LogP contribution is 2.38. The van der Waals surface area contributed by atoms with Gasteiger partial charge in [0.1, 0.15) is 5.75 Å². The van der Waals surface area contributed by atoms with E-state index in [1.807, 2.05) is 0 Å². The maximum absolute atomic E-state index is 12.7. The fourth-order valence-corrected chi connectivity index (χ4v) is 1.73. The van der Waals surface area contributed by atoms with Crippen LogP contribution in [0, 0.1) is 0 Å². The third-order valence-electron chi connectivity index (χ3n) is 2.78. The molecule has 0 amide bonds. The maximum atomic E-state index is 12.7. The number of carbonyl (C=O) groups excluding carboxylic acids is 1. The van der Waals surface area contributed by atoms with E-state index in [1.165, 1.54) is 24.3 Å². The quantitative estimate of drug-likeness (QED) is 0.442. The first-order chi connectivity index (χ1) is 10.6. The molecule has 2 rings (SSSR count). The summed E-state index contributed by atoms with van der Waals surface area (Å²) in [6.07, 6.45) is -10.0. The molecule has 0 heterocycles. The van der Waals surface area contributed by atoms with Crippen molar-refractivity contribution in [1.29, 1.82) is 0 Å². The van der Waals surface area contributed by atoms with Gasteiger partial charge < -0.3 is 4.74 Å². The van der Waals surface area contributed by atoms with Crippen molar-refractivity contribution in [2.24, 2.45) is 0 Å². The molecule has 0 saturated carbocycles. The van der Waals surface area contributed by atoms with Crippen LogP contribution in [0.25, 0.3) is 0 Å². The summed E-state index contributed by atoms with van der Waals surface area (Å²) >= 11 is 0. The maximum Gasteiger partial charge on any atom is 0.416 e. The second kappa shape index (κ2) is 5.94. The van der Waals surface area contributed by atoms with Crippen LogP contribution in [0.5, 0.6) is 5.75 Å². The molecule has 122 valence electrons. The Labute approximate surface area is 126 Å². The summed E-state index contributed by atoms with van der Waals surface area (Å²) in [7, 11) is 0. The number of hydrogen-bond acceptors (Lipinski definition) is 2. The molecule has 0 bridgehead atoms. The zero-order valence-corrected chi connectivity index (χ0v) is 11.2. The summed E-state index contributed by atoms with van der Waals surface area (Å²) in [5.74, 6) is -1.89. The Morgan fingerprint density at radius 2 is 1.26 bits per heavy atom. The van der Waals surface area contributed by atoms with Gasteiger partial charge in [-0.3, -0.25) is 0 Å². The Morgan fingerprint density at radius 3 is 1.70 bits per heavy atom. The molecule has 0 aliphatic heterocycles. The number of halogens is 6. The Morgan fingerprint density at radius 1 is 0.783 bits per heavy atom. The summed E-state index contributed by atoms with van der Waals surface area (Å²) in [4.78, 5) is 11.8. The molecular formula is C15H8F6O2. The van der Waals surface area contributed by atoms with Crippen LogP contribution in [0.1, 0.15) is 21.5 Å². The molecule has 0 fully saturated rings. The average Bonchev–Trinajstić information content (AvgIpc) is 2.46. The molecule has 23 heavy (non-hydrogen) atoms. The highest BCUT2D eigenvalue weighted by Gasteiger charge is 2.37. The zero-order valence-electron chi connectivity index (χ0n) is 11.2. The Hall–Kier alpha value is -2.51. The topological polar surface area (TPSA) is 26.3 Å². The van der Waals surface area contributed by atoms with Crippen LogP contribution in [0.3, 0.4) is 0 Å². The minimum atomic E-state index is -5.00. The zero-order chi connectivity index (χ0) is 17.3. The highest BCUT2D eigenvalue weighted by atomic mass is 19.4. The molecular weight excluding hydrogens is 326 g/mol. The van der Waals surface area contributed by atoms with Gasteiger partial charge in [0.05, 0.1) is 16.7 Å². The van der Waals surface area contributed by atoms with Crippen molar-refractivity contribution < 1.29 is 35.9 Å². The van der Waals surface area contributed by atoms with Gasteiger partial charge in [-0.15, -0.1) is 0 Å². The minimum Gasteiger partial charge on any atom is -0.423 e. The van der Waals surface area contributed by atoms with Crippen LogP contribution in [-0.2, 0) is 12.4 Å². The Bertz CT molecular complexity index is 672. The molecule has 0 aliphatic rings. The van der Waals surface area contributed by atoms with Crippen LogP contribution in [-0.4, -0.2) is 5.97 Å². The average molecular weight is 334 g/mol. The van der Waals surface area contributed by atoms with Crippen molar-refractivity contribution in [3.05, 3.63) is 65.2 Å². The Balaban J connectivity index is 2.40. The Kier molecular flexibility index (Phi) is 4.35. The highest BCUT2D eigenvalue weighted by molar-refractivity contribution is 5.91. The molecule has 0 N–H and O–H groups in total. The fraction of sp³-hybridized carbons (Fsp3) is 0.133. The monoisotopic (exact) mass is 334 g/mol. The largest absolute Gasteiger partial charge is 0.423 e. The van der Waals surface area contributed by atoms with Gasteiger partial charge in [-0.25, -0.2) is 4.79 Å². The second-order valence-corrected chi connectivity index (χ2v) is 4.50. The minimum absolute atomic E-state index is 0.00142. The first-order valence-corrected chi connectivity index (χ1v) is 6.14. The van der Waals surface area contributed by atoms with Gasteiger partial charge in [-0.1, -0.05) is 18.2 Å². The summed E-state index contributed by atoms with van der Waals surface area (Å²) in [5, 5.41) is 0. The first kappa shape index (κ1) is 16.9. The van der Waals surface area contributed by atoms with E-state index in [4.69, 9.17) is 0 Å². The first-order valence-electron chi connectivity index (χ1n) is 6.14. The molecule has 0 unspecified atom stereocenters. The normalized spacial score (nSPS) is 12.1. The molecule has 0 aromatic heterocycles. The number of esters is 1. The van der Waals surface area contributed by atoms with Gasteiger partial charge >= 0.3 is 18.3 Å². The predicted octanol–water partition coefficient (Wildman–Crippen LogP) is 4.94. The van der Waals surface area contributed by atoms with Gasteiger partial charge in [-0.05, 0) is 30.3 Å². The van der Waals surface area contributed by atoms with E-state index in [0.717, 1.165) is 0 Å². The van der Waals surface area contributed by atoms with Crippen molar-refractivity contribution in [2.75, 3.05) is 0 Å². The van der Waals surface area contributed by atoms with Crippen molar-refractivity contribution >= 4 is 5.97 Å². The van der Waals surface area contributed by atoms with Crippen LogP contribution in [0.2, 0.25) is 0 Å². The molecule has 2 aromatic rings. The van der Waals surface area contributed by atoms with Crippen molar-refractivity contribution in [3.8, 4) is 5.75 Å². The molecule has 0 saturated heterocycles. The summed E-state index contributed by atoms with van der Waals surface area (Å²) in [5.41, 5.74) is -3.11. The fourth-order valence-electron chi connectivity index (χ4n) is 1.73. The lowest BCUT2D eigenvalue weighted by Gasteiger charge is -2.14. The van der Waals surface area contributed by atoms with E-state index in [1.54, 1.807) is 6.07 Å². The summed E-state index contributed by atoms with van der Waals surface area (Å²) < 4.78 is 80.8. The number of alkyl halides is 6. The van der Waals surface area contributed by atoms with Crippen LogP contribution < -0.4 is 4.74 Å². The van der Waals surface area contributed by atoms with Gasteiger partial charge in [0.2, 0.25) is 0 Å². The lowest BCUT2D eigenvalue weighted by Crippen LogP contribution is -2.13. The van der Waals surface area contributed by atoms with Crippen LogP contribution in [0.4, 0.5) is 26.3 Å². The smallest absolute Gasteiger partial charge is 0.416 e. The van der Waals surface area contributed by atoms with Gasteiger partial charge in [-0.2, -0.15) is 26.3 Å². The van der Waals surface area contributed by atoms with Crippen LogP contribution in [0.15, 0.2) is 48.5 Å². The summed E-state index contributed by atoms with van der Waals surface area (Å²) in [6, 6.07) is 7.82. The molecule has 2 aromatic carbocycles. The molecule has 2 nitrogen and oxygen atoms in total. The number of rotatable bonds is 2. The third-order valence-corrected chi connectivity index (χ3v) is 2.78. The van der Waals surface area contributed by atoms with E-state index >= 15 is 0 Å². The SMILES string of the molecule is O=C(Oc1cc(C(F)(F)F)cc(C(F)(F)F)c1)c1ccccc1. The second-order valence-electron chi connectivity index (χ2n) is 4.50. The molecule has 0 atom stereocenters. The van der Waals surface area contributed by atoms with E-state index in [9.17, 15) is 31.1 Å². The number of benzene rings is 2. The van der Waals surface area contributed by atoms with Crippen molar-refractivity contribution in [3.63, 3.8) is 0 Å². The van der Waals surface area contributed by atoms with Gasteiger partial charge in [0.25, 0.3) is 0 Å². The van der Waals surface area contributed by atoms with Gasteiger partial charge in [0, 0.05) is 0 Å². The lowest BCUT2D eigenvalue weighted by molar-refractivity contribution is -0.143. The molecule has 8 heteroatoms.